The molecule has 1 saturated carbocycles. The number of carboxylic acid groups (broad SMARTS) is 1. The van der Waals surface area contributed by atoms with Crippen LogP contribution in [-0.4, -0.2) is 17.0 Å². The average molecular weight is 267 g/mol. The quantitative estimate of drug-likeness (QED) is 0.878. The van der Waals surface area contributed by atoms with E-state index >= 15 is 0 Å². The standard InChI is InChI=1S/C13H17NO3S/c1-8-5-6-9(18-8)7-14-12(15)10-3-2-4-11(10)13(16)17/h5-6,10-11H,2-4,7H2,1H3,(H,14,15)(H,16,17). The van der Waals surface area contributed by atoms with Gasteiger partial charge in [-0.05, 0) is 31.9 Å². The molecule has 18 heavy (non-hydrogen) atoms. The smallest absolute Gasteiger partial charge is 0.307 e. The van der Waals surface area contributed by atoms with Gasteiger partial charge in [0, 0.05) is 9.75 Å². The maximum atomic E-state index is 12.0. The summed E-state index contributed by atoms with van der Waals surface area (Å²) in [6, 6.07) is 4.01. The van der Waals surface area contributed by atoms with Crippen LogP contribution in [0.2, 0.25) is 0 Å². The van der Waals surface area contributed by atoms with Gasteiger partial charge in [-0.1, -0.05) is 6.42 Å². The van der Waals surface area contributed by atoms with E-state index in [1.54, 1.807) is 11.3 Å². The highest BCUT2D eigenvalue weighted by atomic mass is 32.1. The third-order valence-corrected chi connectivity index (χ3v) is 4.40. The van der Waals surface area contributed by atoms with Gasteiger partial charge in [0.1, 0.15) is 0 Å². The monoisotopic (exact) mass is 267 g/mol. The molecule has 0 radical (unpaired) electrons. The van der Waals surface area contributed by atoms with Crippen LogP contribution in [0.4, 0.5) is 0 Å². The van der Waals surface area contributed by atoms with Crippen molar-refractivity contribution in [3.05, 3.63) is 21.9 Å². The van der Waals surface area contributed by atoms with Crippen molar-refractivity contribution in [3.8, 4) is 0 Å². The molecule has 2 atom stereocenters. The molecule has 1 aromatic heterocycles. The normalized spacial score (nSPS) is 22.9. The van der Waals surface area contributed by atoms with Crippen LogP contribution in [0.15, 0.2) is 12.1 Å². The average Bonchev–Trinajstić information content (AvgIpc) is 2.94. The molecule has 4 nitrogen and oxygen atoms in total. The zero-order valence-electron chi connectivity index (χ0n) is 10.3. The number of aryl methyl sites for hydroxylation is 1. The van der Waals surface area contributed by atoms with E-state index in [-0.39, 0.29) is 11.8 Å². The highest BCUT2D eigenvalue weighted by Crippen LogP contribution is 2.32. The van der Waals surface area contributed by atoms with Crippen LogP contribution in [-0.2, 0) is 16.1 Å². The first-order chi connectivity index (χ1) is 8.58. The van der Waals surface area contributed by atoms with E-state index < -0.39 is 11.9 Å². The van der Waals surface area contributed by atoms with Crippen LogP contribution in [0.5, 0.6) is 0 Å². The van der Waals surface area contributed by atoms with Gasteiger partial charge in [0.2, 0.25) is 5.91 Å². The fraction of sp³-hybridized carbons (Fsp3) is 0.538. The number of carbonyl (C=O) groups is 2. The van der Waals surface area contributed by atoms with Crippen molar-refractivity contribution >= 4 is 23.2 Å². The number of rotatable bonds is 4. The molecule has 0 aromatic carbocycles. The van der Waals surface area contributed by atoms with Gasteiger partial charge in [-0.2, -0.15) is 0 Å². The molecule has 1 aliphatic rings. The van der Waals surface area contributed by atoms with Gasteiger partial charge in [0.15, 0.2) is 0 Å². The van der Waals surface area contributed by atoms with Crippen molar-refractivity contribution in [2.24, 2.45) is 11.8 Å². The molecular weight excluding hydrogens is 250 g/mol. The number of hydrogen-bond acceptors (Lipinski definition) is 3. The van der Waals surface area contributed by atoms with E-state index in [1.165, 1.54) is 4.88 Å². The Balaban J connectivity index is 1.89. The number of thiophene rings is 1. The summed E-state index contributed by atoms with van der Waals surface area (Å²) in [5, 5.41) is 11.9. The second-order valence-electron chi connectivity index (χ2n) is 4.71. The van der Waals surface area contributed by atoms with E-state index in [4.69, 9.17) is 5.11 Å². The summed E-state index contributed by atoms with van der Waals surface area (Å²) in [5.41, 5.74) is 0. The first-order valence-electron chi connectivity index (χ1n) is 6.14. The summed E-state index contributed by atoms with van der Waals surface area (Å²) >= 11 is 1.65. The van der Waals surface area contributed by atoms with Gasteiger partial charge in [-0.3, -0.25) is 9.59 Å². The molecule has 2 unspecified atom stereocenters. The minimum atomic E-state index is -0.848. The topological polar surface area (TPSA) is 66.4 Å². The van der Waals surface area contributed by atoms with Crippen LogP contribution < -0.4 is 5.32 Å². The molecular formula is C13H17NO3S. The van der Waals surface area contributed by atoms with Crippen LogP contribution in [0.25, 0.3) is 0 Å². The summed E-state index contributed by atoms with van der Waals surface area (Å²) in [6.07, 6.45) is 2.13. The van der Waals surface area contributed by atoms with Gasteiger partial charge in [-0.25, -0.2) is 0 Å². The van der Waals surface area contributed by atoms with Gasteiger partial charge >= 0.3 is 5.97 Å². The second-order valence-corrected chi connectivity index (χ2v) is 6.08. The Morgan fingerprint density at radius 2 is 2.11 bits per heavy atom. The lowest BCUT2D eigenvalue weighted by atomic mass is 9.95. The van der Waals surface area contributed by atoms with Crippen LogP contribution in [0.1, 0.15) is 29.0 Å². The first-order valence-corrected chi connectivity index (χ1v) is 6.95. The molecule has 2 N–H and O–H groups in total. The van der Waals surface area contributed by atoms with Crippen molar-refractivity contribution < 1.29 is 14.7 Å². The van der Waals surface area contributed by atoms with Crippen LogP contribution in [0, 0.1) is 18.8 Å². The molecule has 0 saturated heterocycles. The summed E-state index contributed by atoms with van der Waals surface area (Å²) < 4.78 is 0. The predicted octanol–water partition coefficient (Wildman–Crippen LogP) is 2.17. The number of nitrogens with one attached hydrogen (secondary N) is 1. The van der Waals surface area contributed by atoms with E-state index in [0.717, 1.165) is 11.3 Å². The Hall–Kier alpha value is -1.36. The number of aliphatic carboxylic acids is 1. The molecule has 98 valence electrons. The Morgan fingerprint density at radius 3 is 2.72 bits per heavy atom. The third kappa shape index (κ3) is 2.90. The lowest BCUT2D eigenvalue weighted by Gasteiger charge is -2.15. The SMILES string of the molecule is Cc1ccc(CNC(=O)C2CCCC2C(=O)O)s1. The lowest BCUT2D eigenvalue weighted by Crippen LogP contribution is -2.34. The molecule has 1 heterocycles. The summed E-state index contributed by atoms with van der Waals surface area (Å²) in [7, 11) is 0. The lowest BCUT2D eigenvalue weighted by molar-refractivity contribution is -0.146. The maximum Gasteiger partial charge on any atom is 0.307 e. The molecule has 1 amide bonds. The van der Waals surface area contributed by atoms with Crippen molar-refractivity contribution in [1.82, 2.24) is 5.32 Å². The van der Waals surface area contributed by atoms with Crippen LogP contribution in [0.3, 0.4) is 0 Å². The second kappa shape index (κ2) is 5.52. The summed E-state index contributed by atoms with van der Waals surface area (Å²) in [6.45, 7) is 2.52. The van der Waals surface area contributed by atoms with Gasteiger partial charge in [-0.15, -0.1) is 11.3 Å². The van der Waals surface area contributed by atoms with Crippen molar-refractivity contribution in [2.75, 3.05) is 0 Å². The Labute approximate surface area is 110 Å². The largest absolute Gasteiger partial charge is 0.481 e. The van der Waals surface area contributed by atoms with E-state index in [0.29, 0.717) is 19.4 Å². The van der Waals surface area contributed by atoms with Gasteiger partial charge in [0.25, 0.3) is 0 Å². The Bertz CT molecular complexity index is 455. The Morgan fingerprint density at radius 1 is 1.39 bits per heavy atom. The molecule has 1 aromatic rings. The fourth-order valence-corrected chi connectivity index (χ4v) is 3.28. The molecule has 5 heteroatoms. The zero-order valence-corrected chi connectivity index (χ0v) is 11.1. The highest BCUT2D eigenvalue weighted by Gasteiger charge is 2.37. The molecule has 0 spiro atoms. The van der Waals surface area contributed by atoms with Crippen molar-refractivity contribution in [1.29, 1.82) is 0 Å². The van der Waals surface area contributed by atoms with E-state index in [1.807, 2.05) is 19.1 Å². The van der Waals surface area contributed by atoms with Gasteiger partial charge in [0.05, 0.1) is 18.4 Å². The minimum Gasteiger partial charge on any atom is -0.481 e. The summed E-state index contributed by atoms with van der Waals surface area (Å²) in [4.78, 5) is 25.3. The Kier molecular flexibility index (Phi) is 4.01. The minimum absolute atomic E-state index is 0.119. The molecule has 1 fully saturated rings. The fourth-order valence-electron chi connectivity index (χ4n) is 2.45. The zero-order chi connectivity index (χ0) is 13.1. The number of carbonyl (C=O) groups excluding carboxylic acids is 1. The summed E-state index contributed by atoms with van der Waals surface area (Å²) in [5.74, 6) is -1.83. The predicted molar refractivity (Wildman–Crippen MR) is 69.4 cm³/mol. The van der Waals surface area contributed by atoms with Crippen LogP contribution >= 0.6 is 11.3 Å². The highest BCUT2D eigenvalue weighted by molar-refractivity contribution is 7.11. The van der Waals surface area contributed by atoms with Gasteiger partial charge < -0.3 is 10.4 Å². The molecule has 0 bridgehead atoms. The first kappa shape index (κ1) is 13.1. The molecule has 1 aliphatic carbocycles. The maximum absolute atomic E-state index is 12.0. The van der Waals surface area contributed by atoms with Crippen molar-refractivity contribution in [3.63, 3.8) is 0 Å². The number of hydrogen-bond donors (Lipinski definition) is 2. The van der Waals surface area contributed by atoms with E-state index in [2.05, 4.69) is 5.32 Å². The number of amides is 1. The molecule has 0 aliphatic heterocycles. The van der Waals surface area contributed by atoms with Crippen molar-refractivity contribution in [2.45, 2.75) is 32.7 Å². The van der Waals surface area contributed by atoms with E-state index in [9.17, 15) is 9.59 Å². The third-order valence-electron chi connectivity index (χ3n) is 3.40. The molecule has 2 rings (SSSR count). The number of carboxylic acids is 1.